The summed E-state index contributed by atoms with van der Waals surface area (Å²) in [5.74, 6) is 0.472. The first-order valence-corrected chi connectivity index (χ1v) is 9.09. The van der Waals surface area contributed by atoms with E-state index in [2.05, 4.69) is 25.4 Å². The number of amides is 2. The Morgan fingerprint density at radius 2 is 2.28 bits per heavy atom. The second-order valence-corrected chi connectivity index (χ2v) is 7.04. The molecular weight excluding hydrogens is 378 g/mol. The van der Waals surface area contributed by atoms with Gasteiger partial charge in [-0.2, -0.15) is 4.98 Å². The molecule has 0 spiro atoms. The standard InChI is InChI=1S/C18H19N7O4/c1-10(2)21-18(26)24-8-14-13(19-9-20-14)7-15(24)17-22-16(23-29-17)11-4-3-5-12(6-11)25(27)28/h3-6,9-10,15H,7-8H2,1-2H3,(H,19,20)(H,21,26)/t15-/m0/s1. The highest BCUT2D eigenvalue weighted by atomic mass is 16.6. The van der Waals surface area contributed by atoms with E-state index in [-0.39, 0.29) is 29.5 Å². The summed E-state index contributed by atoms with van der Waals surface area (Å²) in [5.41, 5.74) is 2.09. The maximum atomic E-state index is 12.7. The molecule has 1 aliphatic rings. The smallest absolute Gasteiger partial charge is 0.318 e. The number of carbonyl (C=O) groups is 1. The highest BCUT2D eigenvalue weighted by Crippen LogP contribution is 2.32. The lowest BCUT2D eigenvalue weighted by atomic mass is 10.0. The van der Waals surface area contributed by atoms with Crippen LogP contribution in [0, 0.1) is 10.1 Å². The largest absolute Gasteiger partial charge is 0.347 e. The number of urea groups is 1. The molecule has 150 valence electrons. The molecule has 0 saturated heterocycles. The monoisotopic (exact) mass is 397 g/mol. The van der Waals surface area contributed by atoms with Gasteiger partial charge in [-0.05, 0) is 13.8 Å². The van der Waals surface area contributed by atoms with Gasteiger partial charge in [0.05, 0.1) is 29.2 Å². The number of benzene rings is 1. The van der Waals surface area contributed by atoms with Gasteiger partial charge in [-0.25, -0.2) is 9.78 Å². The Hall–Kier alpha value is -3.76. The topological polar surface area (TPSA) is 143 Å². The van der Waals surface area contributed by atoms with E-state index in [9.17, 15) is 14.9 Å². The van der Waals surface area contributed by atoms with E-state index < -0.39 is 11.0 Å². The summed E-state index contributed by atoms with van der Waals surface area (Å²) in [5, 5.41) is 17.9. The molecule has 2 aromatic heterocycles. The molecule has 0 aliphatic carbocycles. The van der Waals surface area contributed by atoms with Gasteiger partial charge in [0.2, 0.25) is 11.7 Å². The van der Waals surface area contributed by atoms with Crippen LogP contribution >= 0.6 is 0 Å². The zero-order chi connectivity index (χ0) is 20.5. The molecule has 3 aromatic rings. The van der Waals surface area contributed by atoms with E-state index in [4.69, 9.17) is 4.52 Å². The lowest BCUT2D eigenvalue weighted by Crippen LogP contribution is -2.46. The summed E-state index contributed by atoms with van der Waals surface area (Å²) in [6.07, 6.45) is 2.01. The number of rotatable bonds is 4. The zero-order valence-electron chi connectivity index (χ0n) is 15.8. The van der Waals surface area contributed by atoms with Crippen LogP contribution in [0.25, 0.3) is 11.4 Å². The van der Waals surface area contributed by atoms with Gasteiger partial charge in [0, 0.05) is 30.2 Å². The van der Waals surface area contributed by atoms with Crippen molar-refractivity contribution >= 4 is 11.7 Å². The molecule has 11 nitrogen and oxygen atoms in total. The van der Waals surface area contributed by atoms with Crippen molar-refractivity contribution in [1.29, 1.82) is 0 Å². The van der Waals surface area contributed by atoms with Crippen LogP contribution in [0.5, 0.6) is 0 Å². The maximum Gasteiger partial charge on any atom is 0.318 e. The third-order valence-electron chi connectivity index (χ3n) is 4.61. The van der Waals surface area contributed by atoms with Crippen LogP contribution in [0.2, 0.25) is 0 Å². The average Bonchev–Trinajstić information content (AvgIpc) is 3.35. The van der Waals surface area contributed by atoms with Crippen molar-refractivity contribution in [3.63, 3.8) is 0 Å². The summed E-state index contributed by atoms with van der Waals surface area (Å²) in [6, 6.07) is 5.21. The van der Waals surface area contributed by atoms with Gasteiger partial charge in [0.1, 0.15) is 6.04 Å². The second kappa shape index (κ2) is 7.34. The Labute approximate surface area is 165 Å². The second-order valence-electron chi connectivity index (χ2n) is 7.04. The molecule has 1 aromatic carbocycles. The fourth-order valence-corrected chi connectivity index (χ4v) is 3.25. The molecule has 0 saturated carbocycles. The van der Waals surface area contributed by atoms with Crippen LogP contribution in [-0.2, 0) is 13.0 Å². The maximum absolute atomic E-state index is 12.7. The van der Waals surface area contributed by atoms with Crippen molar-refractivity contribution in [2.45, 2.75) is 38.9 Å². The van der Waals surface area contributed by atoms with Gasteiger partial charge in [-0.3, -0.25) is 10.1 Å². The molecule has 0 unspecified atom stereocenters. The fraction of sp³-hybridized carbons (Fsp3) is 0.333. The van der Waals surface area contributed by atoms with Crippen molar-refractivity contribution in [2.24, 2.45) is 0 Å². The third kappa shape index (κ3) is 3.66. The molecule has 1 aliphatic heterocycles. The lowest BCUT2D eigenvalue weighted by Gasteiger charge is -2.33. The Bertz CT molecular complexity index is 1060. The van der Waals surface area contributed by atoms with E-state index in [0.29, 0.717) is 18.5 Å². The average molecular weight is 397 g/mol. The number of fused-ring (bicyclic) bond motifs is 1. The molecule has 2 N–H and O–H groups in total. The highest BCUT2D eigenvalue weighted by molar-refractivity contribution is 5.75. The fourth-order valence-electron chi connectivity index (χ4n) is 3.25. The normalized spacial score (nSPS) is 16.0. The Morgan fingerprint density at radius 1 is 1.45 bits per heavy atom. The summed E-state index contributed by atoms with van der Waals surface area (Å²) >= 11 is 0. The van der Waals surface area contributed by atoms with Crippen LogP contribution in [-0.4, -0.2) is 42.0 Å². The van der Waals surface area contributed by atoms with E-state index >= 15 is 0 Å². The van der Waals surface area contributed by atoms with E-state index in [1.807, 2.05) is 13.8 Å². The zero-order valence-corrected chi connectivity index (χ0v) is 15.8. The number of nitrogens with zero attached hydrogens (tertiary/aromatic N) is 5. The summed E-state index contributed by atoms with van der Waals surface area (Å²) in [7, 11) is 0. The first kappa shape index (κ1) is 18.6. The van der Waals surface area contributed by atoms with Crippen molar-refractivity contribution in [3.05, 3.63) is 58.0 Å². The van der Waals surface area contributed by atoms with E-state index in [1.54, 1.807) is 23.4 Å². The number of nitro benzene ring substituents is 1. The van der Waals surface area contributed by atoms with Gasteiger partial charge in [0.25, 0.3) is 5.69 Å². The van der Waals surface area contributed by atoms with Gasteiger partial charge < -0.3 is 19.7 Å². The molecule has 0 fully saturated rings. The minimum Gasteiger partial charge on any atom is -0.347 e. The summed E-state index contributed by atoms with van der Waals surface area (Å²) in [4.78, 5) is 36.7. The SMILES string of the molecule is CC(C)NC(=O)N1Cc2[nH]cnc2C[C@H]1c1nc(-c2cccc([N+](=O)[O-])c2)no1. The molecule has 2 amide bonds. The van der Waals surface area contributed by atoms with Crippen molar-refractivity contribution in [1.82, 2.24) is 30.3 Å². The predicted octanol–water partition coefficient (Wildman–Crippen LogP) is 2.59. The molecule has 4 rings (SSSR count). The molecule has 3 heterocycles. The Balaban J connectivity index is 1.66. The van der Waals surface area contributed by atoms with Gasteiger partial charge in [-0.1, -0.05) is 17.3 Å². The predicted molar refractivity (Wildman–Crippen MR) is 101 cm³/mol. The Morgan fingerprint density at radius 3 is 3.03 bits per heavy atom. The molecular formula is C18H19N7O4. The Kier molecular flexibility index (Phi) is 4.71. The summed E-state index contributed by atoms with van der Waals surface area (Å²) in [6.45, 7) is 4.09. The van der Waals surface area contributed by atoms with Crippen LogP contribution in [0.3, 0.4) is 0 Å². The van der Waals surface area contributed by atoms with E-state index in [1.165, 1.54) is 12.1 Å². The van der Waals surface area contributed by atoms with Crippen molar-refractivity contribution < 1.29 is 14.2 Å². The van der Waals surface area contributed by atoms with Gasteiger partial charge in [0.15, 0.2) is 0 Å². The minimum atomic E-state index is -0.496. The minimum absolute atomic E-state index is 0.0329. The number of nitro groups is 1. The van der Waals surface area contributed by atoms with E-state index in [0.717, 1.165) is 11.4 Å². The molecule has 29 heavy (non-hydrogen) atoms. The van der Waals surface area contributed by atoms with Gasteiger partial charge in [-0.15, -0.1) is 0 Å². The van der Waals surface area contributed by atoms with Crippen molar-refractivity contribution in [3.8, 4) is 11.4 Å². The highest BCUT2D eigenvalue weighted by Gasteiger charge is 2.36. The number of aromatic amines is 1. The molecule has 0 bridgehead atoms. The van der Waals surface area contributed by atoms with Crippen LogP contribution in [0.15, 0.2) is 35.1 Å². The van der Waals surface area contributed by atoms with Crippen molar-refractivity contribution in [2.75, 3.05) is 0 Å². The van der Waals surface area contributed by atoms with Gasteiger partial charge >= 0.3 is 6.03 Å². The number of H-pyrrole nitrogens is 1. The molecule has 1 atom stereocenters. The third-order valence-corrected chi connectivity index (χ3v) is 4.61. The van der Waals surface area contributed by atoms with Crippen LogP contribution < -0.4 is 5.32 Å². The number of hydrogen-bond donors (Lipinski definition) is 2. The quantitative estimate of drug-likeness (QED) is 0.509. The first-order chi connectivity index (χ1) is 13.9. The first-order valence-electron chi connectivity index (χ1n) is 9.09. The number of aromatic nitrogens is 4. The number of nitrogens with one attached hydrogen (secondary N) is 2. The lowest BCUT2D eigenvalue weighted by molar-refractivity contribution is -0.384. The number of non-ortho nitro benzene ring substituents is 1. The molecule has 0 radical (unpaired) electrons. The number of carbonyl (C=O) groups excluding carboxylic acids is 1. The summed E-state index contributed by atoms with van der Waals surface area (Å²) < 4.78 is 5.45. The molecule has 11 heteroatoms. The number of imidazole rings is 1. The van der Waals surface area contributed by atoms with Crippen LogP contribution in [0.1, 0.15) is 37.2 Å². The number of hydrogen-bond acceptors (Lipinski definition) is 7. The van der Waals surface area contributed by atoms with Crippen LogP contribution in [0.4, 0.5) is 10.5 Å².